The zero-order chi connectivity index (χ0) is 16.5. The molecule has 0 spiro atoms. The molecule has 0 amide bonds. The fraction of sp³-hybridized carbons (Fsp3) is 0.250. The third-order valence-electron chi connectivity index (χ3n) is 3.62. The summed E-state index contributed by atoms with van der Waals surface area (Å²) in [5, 5.41) is 9.32. The maximum Gasteiger partial charge on any atom is 0.316 e. The zero-order valence-corrected chi connectivity index (χ0v) is 12.8. The van der Waals surface area contributed by atoms with Gasteiger partial charge in [-0.3, -0.25) is 4.79 Å². The second-order valence-electron chi connectivity index (χ2n) is 5.30. The Morgan fingerprint density at radius 3 is 2.59 bits per heavy atom. The van der Waals surface area contributed by atoms with Crippen LogP contribution in [0.2, 0.25) is 5.15 Å². The molecule has 0 fully saturated rings. The van der Waals surface area contributed by atoms with Gasteiger partial charge in [-0.1, -0.05) is 11.6 Å². The quantitative estimate of drug-likeness (QED) is 0.859. The Kier molecular flexibility index (Phi) is 4.47. The molecule has 0 saturated heterocycles. The number of carboxylic acids is 1. The molecule has 22 heavy (non-hydrogen) atoms. The van der Waals surface area contributed by atoms with Gasteiger partial charge < -0.3 is 5.11 Å². The molecule has 1 unspecified atom stereocenters. The molecule has 1 aromatic carbocycles. The molecule has 1 aromatic heterocycles. The number of nitrogens with zero attached hydrogens (tertiary/aromatic N) is 1. The van der Waals surface area contributed by atoms with Crippen LogP contribution >= 0.6 is 11.6 Å². The molecule has 0 saturated carbocycles. The van der Waals surface area contributed by atoms with E-state index < -0.39 is 18.1 Å². The van der Waals surface area contributed by atoms with Gasteiger partial charge in [-0.15, -0.1) is 0 Å². The van der Waals surface area contributed by atoms with Gasteiger partial charge in [0.05, 0.1) is 5.69 Å². The SMILES string of the molecule is Cc1cc(-c2cc(C(C)(CF)C(=O)O)cc(Cl)n2)ccc1F. The minimum Gasteiger partial charge on any atom is -0.481 e. The lowest BCUT2D eigenvalue weighted by molar-refractivity contribution is -0.143. The van der Waals surface area contributed by atoms with Crippen LogP contribution < -0.4 is 0 Å². The van der Waals surface area contributed by atoms with Crippen molar-refractivity contribution in [1.29, 1.82) is 0 Å². The lowest BCUT2D eigenvalue weighted by atomic mass is 9.83. The first-order chi connectivity index (χ1) is 10.3. The number of rotatable bonds is 4. The number of carbonyl (C=O) groups is 1. The first-order valence-corrected chi connectivity index (χ1v) is 6.89. The van der Waals surface area contributed by atoms with Gasteiger partial charge in [0.1, 0.15) is 23.1 Å². The molecule has 3 nitrogen and oxygen atoms in total. The summed E-state index contributed by atoms with van der Waals surface area (Å²) in [6, 6.07) is 7.17. The lowest BCUT2D eigenvalue weighted by Crippen LogP contribution is -2.34. The second-order valence-corrected chi connectivity index (χ2v) is 5.69. The van der Waals surface area contributed by atoms with Gasteiger partial charge in [-0.25, -0.2) is 13.8 Å². The van der Waals surface area contributed by atoms with Gasteiger partial charge in [0.25, 0.3) is 0 Å². The van der Waals surface area contributed by atoms with Crippen molar-refractivity contribution in [2.24, 2.45) is 0 Å². The van der Waals surface area contributed by atoms with Gasteiger partial charge in [-0.2, -0.15) is 0 Å². The van der Waals surface area contributed by atoms with E-state index in [0.717, 1.165) is 0 Å². The van der Waals surface area contributed by atoms with Crippen LogP contribution in [0.15, 0.2) is 30.3 Å². The summed E-state index contributed by atoms with van der Waals surface area (Å²) in [6.07, 6.45) is 0. The molecule has 2 aromatic rings. The minimum absolute atomic E-state index is 0.0513. The molecule has 1 atom stereocenters. The van der Waals surface area contributed by atoms with Crippen molar-refractivity contribution in [3.05, 3.63) is 52.4 Å². The third-order valence-corrected chi connectivity index (χ3v) is 3.82. The number of aromatic nitrogens is 1. The average molecular weight is 326 g/mol. The summed E-state index contributed by atoms with van der Waals surface area (Å²) >= 11 is 5.94. The first kappa shape index (κ1) is 16.4. The fourth-order valence-electron chi connectivity index (χ4n) is 2.03. The van der Waals surface area contributed by atoms with E-state index in [1.807, 2.05) is 0 Å². The summed E-state index contributed by atoms with van der Waals surface area (Å²) < 4.78 is 26.6. The summed E-state index contributed by atoms with van der Waals surface area (Å²) in [4.78, 5) is 15.5. The third kappa shape index (κ3) is 2.95. The van der Waals surface area contributed by atoms with Crippen LogP contribution in [0.25, 0.3) is 11.3 Å². The molecule has 1 heterocycles. The highest BCUT2D eigenvalue weighted by atomic mass is 35.5. The predicted octanol–water partition coefficient (Wildman–Crippen LogP) is 4.16. The average Bonchev–Trinajstić information content (AvgIpc) is 2.48. The Morgan fingerprint density at radius 2 is 2.05 bits per heavy atom. The highest BCUT2D eigenvalue weighted by molar-refractivity contribution is 6.29. The van der Waals surface area contributed by atoms with E-state index in [9.17, 15) is 18.7 Å². The summed E-state index contributed by atoms with van der Waals surface area (Å²) in [7, 11) is 0. The molecule has 0 bridgehead atoms. The number of benzene rings is 1. The van der Waals surface area contributed by atoms with E-state index in [-0.39, 0.29) is 16.5 Å². The van der Waals surface area contributed by atoms with Crippen LogP contribution in [-0.4, -0.2) is 22.7 Å². The Hall–Kier alpha value is -2.01. The topological polar surface area (TPSA) is 50.2 Å². The number of alkyl halides is 1. The minimum atomic E-state index is -1.71. The normalized spacial score (nSPS) is 13.7. The fourth-order valence-corrected chi connectivity index (χ4v) is 2.23. The van der Waals surface area contributed by atoms with Gasteiger partial charge >= 0.3 is 5.97 Å². The van der Waals surface area contributed by atoms with E-state index in [4.69, 9.17) is 11.6 Å². The standard InChI is InChI=1S/C16H14ClF2NO2/c1-9-5-10(3-4-12(9)19)13-6-11(7-14(17)20-13)16(2,8-18)15(21)22/h3-7H,8H2,1-2H3,(H,21,22). The van der Waals surface area contributed by atoms with Crippen molar-refractivity contribution in [1.82, 2.24) is 4.98 Å². The molecular weight excluding hydrogens is 312 g/mol. The van der Waals surface area contributed by atoms with E-state index in [2.05, 4.69) is 4.98 Å². The van der Waals surface area contributed by atoms with Crippen molar-refractivity contribution in [2.45, 2.75) is 19.3 Å². The monoisotopic (exact) mass is 325 g/mol. The van der Waals surface area contributed by atoms with Crippen molar-refractivity contribution in [3.8, 4) is 11.3 Å². The van der Waals surface area contributed by atoms with Gasteiger partial charge in [0.15, 0.2) is 0 Å². The van der Waals surface area contributed by atoms with Gasteiger partial charge in [0.2, 0.25) is 0 Å². The van der Waals surface area contributed by atoms with E-state index in [0.29, 0.717) is 16.8 Å². The van der Waals surface area contributed by atoms with Crippen molar-refractivity contribution >= 4 is 17.6 Å². The molecule has 0 aliphatic heterocycles. The predicted molar refractivity (Wildman–Crippen MR) is 80.3 cm³/mol. The van der Waals surface area contributed by atoms with Gasteiger partial charge in [0, 0.05) is 5.56 Å². The molecule has 2 rings (SSSR count). The van der Waals surface area contributed by atoms with Crippen molar-refractivity contribution in [3.63, 3.8) is 0 Å². The number of hydrogen-bond donors (Lipinski definition) is 1. The number of pyridine rings is 1. The van der Waals surface area contributed by atoms with Crippen LogP contribution in [0.5, 0.6) is 0 Å². The lowest BCUT2D eigenvalue weighted by Gasteiger charge is -2.22. The molecule has 116 valence electrons. The number of aliphatic carboxylic acids is 1. The van der Waals surface area contributed by atoms with Crippen LogP contribution in [0.4, 0.5) is 8.78 Å². The highest BCUT2D eigenvalue weighted by Gasteiger charge is 2.36. The van der Waals surface area contributed by atoms with Crippen molar-refractivity contribution < 1.29 is 18.7 Å². The van der Waals surface area contributed by atoms with E-state index in [1.54, 1.807) is 13.0 Å². The summed E-state index contributed by atoms with van der Waals surface area (Å²) in [5.74, 6) is -1.65. The first-order valence-electron chi connectivity index (χ1n) is 6.52. The second kappa shape index (κ2) is 6.01. The smallest absolute Gasteiger partial charge is 0.316 e. The summed E-state index contributed by atoms with van der Waals surface area (Å²) in [6.45, 7) is 1.80. The van der Waals surface area contributed by atoms with Crippen LogP contribution in [0, 0.1) is 12.7 Å². The largest absolute Gasteiger partial charge is 0.481 e. The molecule has 1 N–H and O–H groups in total. The molecule has 0 aliphatic carbocycles. The van der Waals surface area contributed by atoms with Gasteiger partial charge in [-0.05, 0) is 55.3 Å². The Bertz CT molecular complexity index is 736. The molecule has 0 radical (unpaired) electrons. The Labute approximate surface area is 131 Å². The van der Waals surface area contributed by atoms with E-state index >= 15 is 0 Å². The molecule has 0 aliphatic rings. The van der Waals surface area contributed by atoms with Crippen molar-refractivity contribution in [2.75, 3.05) is 6.67 Å². The Morgan fingerprint density at radius 1 is 1.36 bits per heavy atom. The van der Waals surface area contributed by atoms with Crippen LogP contribution in [-0.2, 0) is 10.2 Å². The zero-order valence-electron chi connectivity index (χ0n) is 12.0. The molecular formula is C16H14ClF2NO2. The van der Waals surface area contributed by atoms with E-state index in [1.165, 1.54) is 31.2 Å². The van der Waals surface area contributed by atoms with Crippen LogP contribution in [0.3, 0.4) is 0 Å². The number of hydrogen-bond acceptors (Lipinski definition) is 2. The number of carboxylic acid groups (broad SMARTS) is 1. The van der Waals surface area contributed by atoms with Crippen LogP contribution in [0.1, 0.15) is 18.1 Å². The Balaban J connectivity index is 2.60. The number of halogens is 3. The molecule has 6 heteroatoms. The highest BCUT2D eigenvalue weighted by Crippen LogP contribution is 2.31. The maximum atomic E-state index is 13.3. The maximum absolute atomic E-state index is 13.3. The summed E-state index contributed by atoms with van der Waals surface area (Å²) in [5.41, 5.74) is -0.135. The number of aryl methyl sites for hydroxylation is 1.